The van der Waals surface area contributed by atoms with Gasteiger partial charge in [0.1, 0.15) is 5.75 Å². The van der Waals surface area contributed by atoms with Crippen LogP contribution < -0.4 is 10.1 Å². The summed E-state index contributed by atoms with van der Waals surface area (Å²) < 4.78 is 5.28. The second-order valence-corrected chi connectivity index (χ2v) is 5.31. The van der Waals surface area contributed by atoms with Crippen LogP contribution in [-0.4, -0.2) is 19.6 Å². The quantitative estimate of drug-likeness (QED) is 0.849. The SMILES string of the molecule is CCCNC(=O)C(Cc1ccccc1)c1cccc(OC)c1. The number of nitrogens with one attached hydrogen (secondary N) is 1. The molecule has 0 saturated carbocycles. The summed E-state index contributed by atoms with van der Waals surface area (Å²) in [5.74, 6) is 0.641. The molecule has 0 aliphatic carbocycles. The summed E-state index contributed by atoms with van der Waals surface area (Å²) in [4.78, 5) is 12.6. The van der Waals surface area contributed by atoms with Crippen molar-refractivity contribution < 1.29 is 9.53 Å². The molecular formula is C19H23NO2. The number of methoxy groups -OCH3 is 1. The summed E-state index contributed by atoms with van der Waals surface area (Å²) in [6, 6.07) is 17.9. The van der Waals surface area contributed by atoms with Crippen molar-refractivity contribution in [2.45, 2.75) is 25.7 Å². The van der Waals surface area contributed by atoms with Gasteiger partial charge in [-0.1, -0.05) is 49.4 Å². The fourth-order valence-electron chi connectivity index (χ4n) is 2.44. The second kappa shape index (κ2) is 8.23. The van der Waals surface area contributed by atoms with Crippen molar-refractivity contribution in [3.63, 3.8) is 0 Å². The fraction of sp³-hybridized carbons (Fsp3) is 0.316. The average Bonchev–Trinajstić information content (AvgIpc) is 2.58. The molecule has 0 aliphatic rings. The van der Waals surface area contributed by atoms with E-state index in [1.807, 2.05) is 42.5 Å². The first-order chi connectivity index (χ1) is 10.7. The number of carbonyl (C=O) groups excluding carboxylic acids is 1. The Morgan fingerprint density at radius 3 is 2.59 bits per heavy atom. The number of benzene rings is 2. The molecule has 1 N–H and O–H groups in total. The molecule has 1 unspecified atom stereocenters. The van der Waals surface area contributed by atoms with Crippen LogP contribution in [0.4, 0.5) is 0 Å². The van der Waals surface area contributed by atoms with Crippen LogP contribution in [-0.2, 0) is 11.2 Å². The molecule has 3 nitrogen and oxygen atoms in total. The standard InChI is InChI=1S/C19H23NO2/c1-3-12-20-19(21)18(13-15-8-5-4-6-9-15)16-10-7-11-17(14-16)22-2/h4-11,14,18H,3,12-13H2,1-2H3,(H,20,21). The molecule has 0 saturated heterocycles. The van der Waals surface area contributed by atoms with E-state index in [0.717, 1.165) is 23.3 Å². The van der Waals surface area contributed by atoms with Gasteiger partial charge < -0.3 is 10.1 Å². The Morgan fingerprint density at radius 2 is 1.91 bits per heavy atom. The molecule has 0 fully saturated rings. The van der Waals surface area contributed by atoms with Gasteiger partial charge in [-0.25, -0.2) is 0 Å². The predicted octanol–water partition coefficient (Wildman–Crippen LogP) is 3.55. The monoisotopic (exact) mass is 297 g/mol. The zero-order valence-corrected chi connectivity index (χ0v) is 13.2. The molecule has 22 heavy (non-hydrogen) atoms. The van der Waals surface area contributed by atoms with Crippen LogP contribution in [0.2, 0.25) is 0 Å². The number of hydrogen-bond donors (Lipinski definition) is 1. The highest BCUT2D eigenvalue weighted by molar-refractivity contribution is 5.84. The van der Waals surface area contributed by atoms with E-state index < -0.39 is 0 Å². The molecule has 3 heteroatoms. The minimum absolute atomic E-state index is 0.0685. The lowest BCUT2D eigenvalue weighted by atomic mass is 9.91. The minimum atomic E-state index is -0.205. The molecule has 0 bridgehead atoms. The molecule has 0 aromatic heterocycles. The number of rotatable bonds is 7. The number of hydrogen-bond acceptors (Lipinski definition) is 2. The van der Waals surface area contributed by atoms with E-state index in [1.54, 1.807) is 7.11 Å². The average molecular weight is 297 g/mol. The van der Waals surface area contributed by atoms with Crippen LogP contribution in [0.15, 0.2) is 54.6 Å². The smallest absolute Gasteiger partial charge is 0.227 e. The van der Waals surface area contributed by atoms with Gasteiger partial charge in [0, 0.05) is 6.54 Å². The topological polar surface area (TPSA) is 38.3 Å². The number of ether oxygens (including phenoxy) is 1. The van der Waals surface area contributed by atoms with Gasteiger partial charge in [0.25, 0.3) is 0 Å². The summed E-state index contributed by atoms with van der Waals surface area (Å²) in [5, 5.41) is 3.01. The first-order valence-electron chi connectivity index (χ1n) is 7.70. The van der Waals surface area contributed by atoms with Gasteiger partial charge in [0.05, 0.1) is 13.0 Å². The van der Waals surface area contributed by atoms with Crippen molar-refractivity contribution in [3.05, 3.63) is 65.7 Å². The minimum Gasteiger partial charge on any atom is -0.497 e. The Labute approximate surface area is 132 Å². The largest absolute Gasteiger partial charge is 0.497 e. The van der Waals surface area contributed by atoms with E-state index in [9.17, 15) is 4.79 Å². The molecule has 2 rings (SSSR count). The molecular weight excluding hydrogens is 274 g/mol. The van der Waals surface area contributed by atoms with E-state index >= 15 is 0 Å². The highest BCUT2D eigenvalue weighted by Crippen LogP contribution is 2.25. The zero-order valence-electron chi connectivity index (χ0n) is 13.2. The maximum absolute atomic E-state index is 12.6. The molecule has 0 spiro atoms. The third-order valence-electron chi connectivity index (χ3n) is 3.64. The molecule has 0 heterocycles. The molecule has 116 valence electrons. The van der Waals surface area contributed by atoms with Crippen LogP contribution in [0.25, 0.3) is 0 Å². The zero-order chi connectivity index (χ0) is 15.8. The fourth-order valence-corrected chi connectivity index (χ4v) is 2.44. The third kappa shape index (κ3) is 4.35. The van der Waals surface area contributed by atoms with Crippen LogP contribution in [0.5, 0.6) is 5.75 Å². The van der Waals surface area contributed by atoms with Gasteiger partial charge in [-0.15, -0.1) is 0 Å². The van der Waals surface area contributed by atoms with Crippen molar-refractivity contribution >= 4 is 5.91 Å². The summed E-state index contributed by atoms with van der Waals surface area (Å²) in [5.41, 5.74) is 2.14. The van der Waals surface area contributed by atoms with E-state index in [4.69, 9.17) is 4.74 Å². The van der Waals surface area contributed by atoms with Crippen molar-refractivity contribution in [1.29, 1.82) is 0 Å². The summed E-state index contributed by atoms with van der Waals surface area (Å²) in [6.07, 6.45) is 1.62. The number of amides is 1. The van der Waals surface area contributed by atoms with Gasteiger partial charge in [0.2, 0.25) is 5.91 Å². The van der Waals surface area contributed by atoms with Gasteiger partial charge >= 0.3 is 0 Å². The van der Waals surface area contributed by atoms with Crippen molar-refractivity contribution in [2.24, 2.45) is 0 Å². The van der Waals surface area contributed by atoms with E-state index in [2.05, 4.69) is 24.4 Å². The lowest BCUT2D eigenvalue weighted by Gasteiger charge is -2.18. The first kappa shape index (κ1) is 16.1. The Kier molecular flexibility index (Phi) is 6.01. The molecule has 2 aromatic carbocycles. The van der Waals surface area contributed by atoms with E-state index in [0.29, 0.717) is 13.0 Å². The van der Waals surface area contributed by atoms with Gasteiger partial charge in [-0.05, 0) is 36.1 Å². The summed E-state index contributed by atoms with van der Waals surface area (Å²) in [7, 11) is 1.64. The number of carbonyl (C=O) groups is 1. The van der Waals surface area contributed by atoms with Crippen LogP contribution in [0, 0.1) is 0 Å². The molecule has 0 radical (unpaired) electrons. The van der Waals surface area contributed by atoms with Gasteiger partial charge in [-0.2, -0.15) is 0 Å². The van der Waals surface area contributed by atoms with Crippen molar-refractivity contribution in [3.8, 4) is 5.75 Å². The Morgan fingerprint density at radius 1 is 1.14 bits per heavy atom. The van der Waals surface area contributed by atoms with Crippen molar-refractivity contribution in [2.75, 3.05) is 13.7 Å². The Balaban J connectivity index is 2.25. The lowest BCUT2D eigenvalue weighted by Crippen LogP contribution is -2.31. The summed E-state index contributed by atoms with van der Waals surface area (Å²) in [6.45, 7) is 2.76. The van der Waals surface area contributed by atoms with Crippen LogP contribution >= 0.6 is 0 Å². The maximum atomic E-state index is 12.6. The lowest BCUT2D eigenvalue weighted by molar-refractivity contribution is -0.122. The maximum Gasteiger partial charge on any atom is 0.227 e. The van der Waals surface area contributed by atoms with E-state index in [1.165, 1.54) is 0 Å². The second-order valence-electron chi connectivity index (χ2n) is 5.31. The highest BCUT2D eigenvalue weighted by atomic mass is 16.5. The highest BCUT2D eigenvalue weighted by Gasteiger charge is 2.21. The van der Waals surface area contributed by atoms with E-state index in [-0.39, 0.29) is 11.8 Å². The molecule has 2 aromatic rings. The Hall–Kier alpha value is -2.29. The van der Waals surface area contributed by atoms with Gasteiger partial charge in [-0.3, -0.25) is 4.79 Å². The molecule has 1 amide bonds. The van der Waals surface area contributed by atoms with Crippen molar-refractivity contribution in [1.82, 2.24) is 5.32 Å². The normalized spacial score (nSPS) is 11.7. The van der Waals surface area contributed by atoms with Crippen LogP contribution in [0.3, 0.4) is 0 Å². The summed E-state index contributed by atoms with van der Waals surface area (Å²) >= 11 is 0. The van der Waals surface area contributed by atoms with Gasteiger partial charge in [0.15, 0.2) is 0 Å². The van der Waals surface area contributed by atoms with Crippen LogP contribution in [0.1, 0.15) is 30.4 Å². The Bertz CT molecular complexity index is 595. The predicted molar refractivity (Wildman–Crippen MR) is 89.2 cm³/mol. The molecule has 1 atom stereocenters. The molecule has 0 aliphatic heterocycles. The first-order valence-corrected chi connectivity index (χ1v) is 7.70. The third-order valence-corrected chi connectivity index (χ3v) is 3.64.